The lowest BCUT2D eigenvalue weighted by Crippen LogP contribution is -2.37. The standard InChI is InChI=1S/C22H18ClN5O2/c1-14-18-12-24-28(17-7-4-6-16(23)11-17)21(18)22(30)27(25-14)13-20(29)26-10-9-15-5-2-3-8-19(15)26/h2-8,11-12H,9-10,13H2,1H3. The first kappa shape index (κ1) is 18.6. The van der Waals surface area contributed by atoms with Gasteiger partial charge in [0.15, 0.2) is 0 Å². The van der Waals surface area contributed by atoms with Crippen molar-refractivity contribution < 1.29 is 4.79 Å². The summed E-state index contributed by atoms with van der Waals surface area (Å²) in [5.74, 6) is -0.165. The zero-order valence-corrected chi connectivity index (χ0v) is 17.0. The topological polar surface area (TPSA) is 73.0 Å². The Bertz CT molecular complexity index is 1360. The van der Waals surface area contributed by atoms with Gasteiger partial charge < -0.3 is 4.90 Å². The Morgan fingerprint density at radius 2 is 2.00 bits per heavy atom. The van der Waals surface area contributed by atoms with Crippen LogP contribution in [0.15, 0.2) is 59.5 Å². The number of hydrogen-bond acceptors (Lipinski definition) is 4. The Morgan fingerprint density at radius 3 is 2.83 bits per heavy atom. The van der Waals surface area contributed by atoms with Crippen molar-refractivity contribution in [2.75, 3.05) is 11.4 Å². The summed E-state index contributed by atoms with van der Waals surface area (Å²) in [6.45, 7) is 2.27. The van der Waals surface area contributed by atoms with Crippen molar-refractivity contribution in [3.63, 3.8) is 0 Å². The van der Waals surface area contributed by atoms with Gasteiger partial charge in [0.2, 0.25) is 5.91 Å². The van der Waals surface area contributed by atoms with E-state index in [1.165, 1.54) is 4.68 Å². The highest BCUT2D eigenvalue weighted by Crippen LogP contribution is 2.27. The summed E-state index contributed by atoms with van der Waals surface area (Å²) in [5.41, 5.74) is 3.35. The maximum Gasteiger partial charge on any atom is 0.293 e. The van der Waals surface area contributed by atoms with Crippen LogP contribution in [0.3, 0.4) is 0 Å². The van der Waals surface area contributed by atoms with E-state index in [4.69, 9.17) is 11.6 Å². The molecule has 1 aliphatic heterocycles. The highest BCUT2D eigenvalue weighted by molar-refractivity contribution is 6.30. The number of amides is 1. The van der Waals surface area contributed by atoms with E-state index in [0.717, 1.165) is 17.7 Å². The minimum atomic E-state index is -0.367. The molecule has 2 aromatic heterocycles. The average molecular weight is 420 g/mol. The molecule has 30 heavy (non-hydrogen) atoms. The van der Waals surface area contributed by atoms with Crippen molar-refractivity contribution in [3.8, 4) is 5.69 Å². The van der Waals surface area contributed by atoms with Gasteiger partial charge in [-0.1, -0.05) is 35.9 Å². The number of aryl methyl sites for hydroxylation is 1. The fourth-order valence-corrected chi connectivity index (χ4v) is 4.13. The van der Waals surface area contributed by atoms with E-state index in [2.05, 4.69) is 10.2 Å². The van der Waals surface area contributed by atoms with Crippen molar-refractivity contribution in [2.24, 2.45) is 0 Å². The number of fused-ring (bicyclic) bond motifs is 2. The number of benzene rings is 2. The molecule has 0 unspecified atom stereocenters. The molecule has 0 atom stereocenters. The molecule has 150 valence electrons. The van der Waals surface area contributed by atoms with Crippen LogP contribution in [0.25, 0.3) is 16.6 Å². The van der Waals surface area contributed by atoms with E-state index in [0.29, 0.717) is 33.9 Å². The summed E-state index contributed by atoms with van der Waals surface area (Å²) in [7, 11) is 0. The summed E-state index contributed by atoms with van der Waals surface area (Å²) in [6, 6.07) is 14.9. The first-order chi connectivity index (χ1) is 14.5. The number of anilines is 1. The van der Waals surface area contributed by atoms with Crippen LogP contribution in [0, 0.1) is 6.92 Å². The second-order valence-corrected chi connectivity index (χ2v) is 7.71. The van der Waals surface area contributed by atoms with Crippen molar-refractivity contribution in [1.82, 2.24) is 19.6 Å². The molecule has 1 aliphatic rings. The van der Waals surface area contributed by atoms with Gasteiger partial charge >= 0.3 is 0 Å². The number of para-hydroxylation sites is 1. The molecular weight excluding hydrogens is 402 g/mol. The van der Waals surface area contributed by atoms with Crippen molar-refractivity contribution in [3.05, 3.63) is 81.4 Å². The molecule has 7 nitrogen and oxygen atoms in total. The van der Waals surface area contributed by atoms with Gasteiger partial charge in [-0.3, -0.25) is 9.59 Å². The molecule has 0 fully saturated rings. The molecule has 0 radical (unpaired) electrons. The SMILES string of the molecule is Cc1nn(CC(=O)N2CCc3ccccc32)c(=O)c2c1cnn2-c1cccc(Cl)c1. The lowest BCUT2D eigenvalue weighted by atomic mass is 10.2. The minimum Gasteiger partial charge on any atom is -0.310 e. The molecule has 0 saturated heterocycles. The smallest absolute Gasteiger partial charge is 0.293 e. The number of hydrogen-bond donors (Lipinski definition) is 0. The minimum absolute atomic E-state index is 0.134. The Labute approximate surface area is 177 Å². The largest absolute Gasteiger partial charge is 0.310 e. The van der Waals surface area contributed by atoms with Crippen LogP contribution in [0.2, 0.25) is 5.02 Å². The van der Waals surface area contributed by atoms with Crippen LogP contribution in [0.1, 0.15) is 11.3 Å². The molecule has 0 N–H and O–H groups in total. The van der Waals surface area contributed by atoms with Gasteiger partial charge in [0, 0.05) is 22.6 Å². The van der Waals surface area contributed by atoms with E-state index in [1.807, 2.05) is 30.3 Å². The summed E-state index contributed by atoms with van der Waals surface area (Å²) in [6.07, 6.45) is 2.42. The van der Waals surface area contributed by atoms with Crippen LogP contribution in [0.5, 0.6) is 0 Å². The van der Waals surface area contributed by atoms with Crippen LogP contribution in [-0.4, -0.2) is 32.0 Å². The fourth-order valence-electron chi connectivity index (χ4n) is 3.94. The molecular formula is C22H18ClN5O2. The van der Waals surface area contributed by atoms with Crippen LogP contribution in [0.4, 0.5) is 5.69 Å². The Balaban J connectivity index is 1.56. The molecule has 3 heterocycles. The zero-order chi connectivity index (χ0) is 20.8. The lowest BCUT2D eigenvalue weighted by molar-refractivity contribution is -0.119. The quantitative estimate of drug-likeness (QED) is 0.511. The molecule has 5 rings (SSSR count). The number of nitrogens with zero attached hydrogens (tertiary/aromatic N) is 5. The maximum absolute atomic E-state index is 13.3. The molecule has 4 aromatic rings. The van der Waals surface area contributed by atoms with E-state index in [1.54, 1.807) is 40.9 Å². The van der Waals surface area contributed by atoms with E-state index < -0.39 is 0 Å². The molecule has 2 aromatic carbocycles. The van der Waals surface area contributed by atoms with E-state index in [9.17, 15) is 9.59 Å². The average Bonchev–Trinajstić information content (AvgIpc) is 3.37. The summed E-state index contributed by atoms with van der Waals surface area (Å²) in [4.78, 5) is 28.0. The van der Waals surface area contributed by atoms with Crippen molar-refractivity contribution >= 4 is 34.1 Å². The maximum atomic E-state index is 13.3. The zero-order valence-electron chi connectivity index (χ0n) is 16.2. The third-order valence-electron chi connectivity index (χ3n) is 5.39. The van der Waals surface area contributed by atoms with Crippen molar-refractivity contribution in [2.45, 2.75) is 19.9 Å². The molecule has 1 amide bonds. The van der Waals surface area contributed by atoms with Crippen LogP contribution in [-0.2, 0) is 17.8 Å². The normalized spacial score (nSPS) is 13.1. The predicted octanol–water partition coefficient (Wildman–Crippen LogP) is 3.13. The number of rotatable bonds is 3. The number of carbonyl (C=O) groups is 1. The third-order valence-corrected chi connectivity index (χ3v) is 5.63. The van der Waals surface area contributed by atoms with E-state index >= 15 is 0 Å². The lowest BCUT2D eigenvalue weighted by Gasteiger charge is -2.18. The Hall–Kier alpha value is -3.45. The highest BCUT2D eigenvalue weighted by Gasteiger charge is 2.25. The van der Waals surface area contributed by atoms with E-state index in [-0.39, 0.29) is 18.0 Å². The molecule has 0 spiro atoms. The number of halogens is 1. The second-order valence-electron chi connectivity index (χ2n) is 7.27. The first-order valence-electron chi connectivity index (χ1n) is 9.62. The first-order valence-corrected chi connectivity index (χ1v) is 10.0. The Kier molecular flexibility index (Phi) is 4.40. The van der Waals surface area contributed by atoms with Crippen LogP contribution < -0.4 is 10.5 Å². The molecule has 8 heteroatoms. The number of aromatic nitrogens is 4. The van der Waals surface area contributed by atoms with Gasteiger partial charge in [-0.05, 0) is 43.2 Å². The number of carbonyl (C=O) groups excluding carboxylic acids is 1. The summed E-state index contributed by atoms with van der Waals surface area (Å²) in [5, 5.41) is 9.93. The third kappa shape index (κ3) is 2.98. The van der Waals surface area contributed by atoms with Gasteiger partial charge in [0.25, 0.3) is 5.56 Å². The summed E-state index contributed by atoms with van der Waals surface area (Å²) >= 11 is 6.11. The van der Waals surface area contributed by atoms with Gasteiger partial charge in [-0.2, -0.15) is 10.2 Å². The fraction of sp³-hybridized carbons (Fsp3) is 0.182. The van der Waals surface area contributed by atoms with Crippen LogP contribution >= 0.6 is 11.6 Å². The monoisotopic (exact) mass is 419 g/mol. The summed E-state index contributed by atoms with van der Waals surface area (Å²) < 4.78 is 2.77. The second kappa shape index (κ2) is 7.11. The Morgan fingerprint density at radius 1 is 1.17 bits per heavy atom. The van der Waals surface area contributed by atoms with Gasteiger partial charge in [0.05, 0.1) is 17.6 Å². The molecule has 0 aliphatic carbocycles. The highest BCUT2D eigenvalue weighted by atomic mass is 35.5. The van der Waals surface area contributed by atoms with Gasteiger partial charge in [0.1, 0.15) is 12.1 Å². The van der Waals surface area contributed by atoms with Crippen molar-refractivity contribution in [1.29, 1.82) is 0 Å². The van der Waals surface area contributed by atoms with Gasteiger partial charge in [-0.15, -0.1) is 0 Å². The predicted molar refractivity (Wildman–Crippen MR) is 115 cm³/mol. The van der Waals surface area contributed by atoms with Gasteiger partial charge in [-0.25, -0.2) is 9.36 Å². The molecule has 0 bridgehead atoms. The molecule has 0 saturated carbocycles.